The lowest BCUT2D eigenvalue weighted by Crippen LogP contribution is -2.19. The molecule has 2 amide bonds. The van der Waals surface area contributed by atoms with E-state index in [0.29, 0.717) is 28.7 Å². The number of aromatic nitrogens is 1. The zero-order valence-corrected chi connectivity index (χ0v) is 15.5. The minimum absolute atomic E-state index is 0.0523. The summed E-state index contributed by atoms with van der Waals surface area (Å²) < 4.78 is 10.0. The molecule has 3 rings (SSSR count). The van der Waals surface area contributed by atoms with Gasteiger partial charge < -0.3 is 14.5 Å². The minimum atomic E-state index is -0.499. The molecule has 1 aromatic carbocycles. The van der Waals surface area contributed by atoms with Gasteiger partial charge in [-0.3, -0.25) is 10.1 Å². The SMILES string of the molecule is CCOC(=O)Cc1csc(NC(=O)Nc2ccc3c(C)cc(=O)oc3c2)n1. The normalized spacial score (nSPS) is 10.6. The molecule has 2 heterocycles. The number of hydrogen-bond acceptors (Lipinski definition) is 7. The van der Waals surface area contributed by atoms with Crippen LogP contribution in [0.5, 0.6) is 0 Å². The molecule has 3 aromatic rings. The molecule has 9 heteroatoms. The number of esters is 1. The first-order valence-electron chi connectivity index (χ1n) is 8.17. The van der Waals surface area contributed by atoms with E-state index in [-0.39, 0.29) is 12.4 Å². The van der Waals surface area contributed by atoms with Gasteiger partial charge in [-0.15, -0.1) is 11.3 Å². The summed E-state index contributed by atoms with van der Waals surface area (Å²) in [7, 11) is 0. The van der Waals surface area contributed by atoms with E-state index < -0.39 is 11.7 Å². The maximum absolute atomic E-state index is 12.1. The lowest BCUT2D eigenvalue weighted by molar-refractivity contribution is -0.142. The van der Waals surface area contributed by atoms with Gasteiger partial charge in [-0.25, -0.2) is 14.6 Å². The van der Waals surface area contributed by atoms with Crippen LogP contribution in [0.1, 0.15) is 18.2 Å². The molecule has 0 aliphatic carbocycles. The quantitative estimate of drug-likeness (QED) is 0.513. The number of thiazole rings is 1. The fourth-order valence-corrected chi connectivity index (χ4v) is 3.17. The molecule has 0 saturated carbocycles. The summed E-state index contributed by atoms with van der Waals surface area (Å²) in [5.74, 6) is -0.369. The first kappa shape index (κ1) is 18.6. The summed E-state index contributed by atoms with van der Waals surface area (Å²) in [5.41, 5.74) is 1.74. The fourth-order valence-electron chi connectivity index (χ4n) is 2.47. The lowest BCUT2D eigenvalue weighted by Gasteiger charge is -2.07. The average Bonchev–Trinajstić information content (AvgIpc) is 3.01. The Hall–Kier alpha value is -3.20. The van der Waals surface area contributed by atoms with Crippen LogP contribution in [0.2, 0.25) is 0 Å². The van der Waals surface area contributed by atoms with Gasteiger partial charge in [0, 0.05) is 28.6 Å². The molecule has 2 aromatic heterocycles. The van der Waals surface area contributed by atoms with E-state index in [4.69, 9.17) is 9.15 Å². The molecule has 0 fully saturated rings. The van der Waals surface area contributed by atoms with Gasteiger partial charge in [0.2, 0.25) is 0 Å². The number of nitrogens with one attached hydrogen (secondary N) is 2. The smallest absolute Gasteiger partial charge is 0.336 e. The fraction of sp³-hybridized carbons (Fsp3) is 0.222. The predicted octanol–water partition coefficient (Wildman–Crippen LogP) is 3.31. The van der Waals surface area contributed by atoms with E-state index >= 15 is 0 Å². The molecular weight excluding hydrogens is 370 g/mol. The second kappa shape index (κ2) is 8.00. The summed E-state index contributed by atoms with van der Waals surface area (Å²) >= 11 is 1.20. The standard InChI is InChI=1S/C18H17N3O5S/c1-3-25-15(22)8-12-9-27-18(20-12)21-17(24)19-11-4-5-13-10(2)6-16(23)26-14(13)7-11/h4-7,9H,3,8H2,1-2H3,(H2,19,20,21,24). The van der Waals surface area contributed by atoms with Gasteiger partial charge in [0.15, 0.2) is 5.13 Å². The van der Waals surface area contributed by atoms with Crippen molar-refractivity contribution in [2.75, 3.05) is 17.2 Å². The van der Waals surface area contributed by atoms with E-state index in [9.17, 15) is 14.4 Å². The molecule has 8 nitrogen and oxygen atoms in total. The van der Waals surface area contributed by atoms with Gasteiger partial charge in [-0.2, -0.15) is 0 Å². The Kier molecular flexibility index (Phi) is 5.51. The number of benzene rings is 1. The van der Waals surface area contributed by atoms with E-state index in [1.54, 1.807) is 30.5 Å². The van der Waals surface area contributed by atoms with Crippen molar-refractivity contribution in [2.24, 2.45) is 0 Å². The van der Waals surface area contributed by atoms with Crippen LogP contribution in [0.3, 0.4) is 0 Å². The van der Waals surface area contributed by atoms with Crippen LogP contribution in [0.15, 0.2) is 38.9 Å². The van der Waals surface area contributed by atoms with Crippen LogP contribution < -0.4 is 16.3 Å². The molecule has 0 radical (unpaired) electrons. The Morgan fingerprint density at radius 1 is 1.26 bits per heavy atom. The zero-order valence-electron chi connectivity index (χ0n) is 14.7. The Bertz CT molecular complexity index is 1060. The highest BCUT2D eigenvalue weighted by molar-refractivity contribution is 7.14. The van der Waals surface area contributed by atoms with Gasteiger partial charge in [0.1, 0.15) is 5.58 Å². The summed E-state index contributed by atoms with van der Waals surface area (Å²) in [4.78, 5) is 39.3. The van der Waals surface area contributed by atoms with Crippen molar-refractivity contribution < 1.29 is 18.7 Å². The molecule has 0 bridgehead atoms. The largest absolute Gasteiger partial charge is 0.466 e. The van der Waals surface area contributed by atoms with Crippen molar-refractivity contribution in [3.05, 3.63) is 51.3 Å². The van der Waals surface area contributed by atoms with Gasteiger partial charge in [0.25, 0.3) is 0 Å². The van der Waals surface area contributed by atoms with Gasteiger partial charge in [-0.05, 0) is 31.5 Å². The average molecular weight is 387 g/mol. The van der Waals surface area contributed by atoms with Gasteiger partial charge in [-0.1, -0.05) is 0 Å². The molecule has 0 aliphatic rings. The summed E-state index contributed by atoms with van der Waals surface area (Å²) in [6.45, 7) is 3.85. The zero-order chi connectivity index (χ0) is 19.4. The number of anilines is 2. The predicted molar refractivity (Wildman–Crippen MR) is 102 cm³/mol. The van der Waals surface area contributed by atoms with Crippen molar-refractivity contribution in [3.8, 4) is 0 Å². The van der Waals surface area contributed by atoms with Crippen molar-refractivity contribution in [1.82, 2.24) is 4.98 Å². The first-order chi connectivity index (χ1) is 12.9. The summed E-state index contributed by atoms with van der Waals surface area (Å²) in [6.07, 6.45) is 0.0523. The molecule has 0 unspecified atom stereocenters. The molecule has 27 heavy (non-hydrogen) atoms. The molecular formula is C18H17N3O5S. The van der Waals surface area contributed by atoms with Crippen LogP contribution in [0.4, 0.5) is 15.6 Å². The van der Waals surface area contributed by atoms with Crippen molar-refractivity contribution in [3.63, 3.8) is 0 Å². The van der Waals surface area contributed by atoms with Crippen LogP contribution in [0.25, 0.3) is 11.0 Å². The lowest BCUT2D eigenvalue weighted by atomic mass is 10.1. The van der Waals surface area contributed by atoms with Crippen LogP contribution in [-0.4, -0.2) is 23.6 Å². The maximum atomic E-state index is 12.1. The van der Waals surface area contributed by atoms with E-state index in [1.165, 1.54) is 17.4 Å². The van der Waals surface area contributed by atoms with Crippen LogP contribution in [-0.2, 0) is 16.0 Å². The van der Waals surface area contributed by atoms with Gasteiger partial charge in [0.05, 0.1) is 18.7 Å². The molecule has 140 valence electrons. The number of rotatable bonds is 5. The van der Waals surface area contributed by atoms with Crippen LogP contribution >= 0.6 is 11.3 Å². The summed E-state index contributed by atoms with van der Waals surface area (Å²) in [5, 5.41) is 8.09. The van der Waals surface area contributed by atoms with E-state index in [0.717, 1.165) is 10.9 Å². The Morgan fingerprint density at radius 2 is 2.07 bits per heavy atom. The van der Waals surface area contributed by atoms with Crippen molar-refractivity contribution in [1.29, 1.82) is 0 Å². The number of carbonyl (C=O) groups excluding carboxylic acids is 2. The Labute approximate surface area is 158 Å². The second-order valence-corrected chi connectivity index (χ2v) is 6.52. The molecule has 0 saturated heterocycles. The molecule has 0 aliphatic heterocycles. The van der Waals surface area contributed by atoms with E-state index in [2.05, 4.69) is 15.6 Å². The number of amides is 2. The molecule has 2 N–H and O–H groups in total. The number of ether oxygens (including phenoxy) is 1. The number of urea groups is 1. The summed E-state index contributed by atoms with van der Waals surface area (Å²) in [6, 6.07) is 5.98. The van der Waals surface area contributed by atoms with E-state index in [1.807, 2.05) is 6.92 Å². The molecule has 0 spiro atoms. The highest BCUT2D eigenvalue weighted by atomic mass is 32.1. The maximum Gasteiger partial charge on any atom is 0.336 e. The Morgan fingerprint density at radius 3 is 2.85 bits per heavy atom. The van der Waals surface area contributed by atoms with Gasteiger partial charge >= 0.3 is 17.6 Å². The second-order valence-electron chi connectivity index (χ2n) is 5.66. The molecule has 0 atom stereocenters. The first-order valence-corrected chi connectivity index (χ1v) is 9.05. The number of nitrogens with zero attached hydrogens (tertiary/aromatic N) is 1. The topological polar surface area (TPSA) is 111 Å². The third-order valence-electron chi connectivity index (χ3n) is 3.61. The monoisotopic (exact) mass is 387 g/mol. The number of aryl methyl sites for hydroxylation is 1. The van der Waals surface area contributed by atoms with Crippen LogP contribution in [0, 0.1) is 6.92 Å². The third-order valence-corrected chi connectivity index (χ3v) is 4.42. The number of carbonyl (C=O) groups is 2. The highest BCUT2D eigenvalue weighted by Crippen LogP contribution is 2.21. The van der Waals surface area contributed by atoms with Crippen molar-refractivity contribution >= 4 is 45.1 Å². The minimum Gasteiger partial charge on any atom is -0.466 e. The highest BCUT2D eigenvalue weighted by Gasteiger charge is 2.11. The Balaban J connectivity index is 1.66. The van der Waals surface area contributed by atoms with Crippen molar-refractivity contribution in [2.45, 2.75) is 20.3 Å². The number of hydrogen-bond donors (Lipinski definition) is 2. The number of fused-ring (bicyclic) bond motifs is 1. The third kappa shape index (κ3) is 4.70.